The SMILES string of the molecule is COc1cccc(OC)c1OCC#CCN1CCN(C)CC1. The molecule has 22 heavy (non-hydrogen) atoms. The normalized spacial score (nSPS) is 15.8. The molecule has 5 nitrogen and oxygen atoms in total. The summed E-state index contributed by atoms with van der Waals surface area (Å²) < 4.78 is 16.3. The van der Waals surface area contributed by atoms with E-state index in [4.69, 9.17) is 14.2 Å². The van der Waals surface area contributed by atoms with Gasteiger partial charge >= 0.3 is 0 Å². The molecule has 5 heteroatoms. The van der Waals surface area contributed by atoms with Crippen LogP contribution in [-0.4, -0.2) is 70.4 Å². The molecule has 0 aromatic heterocycles. The molecule has 0 amide bonds. The number of para-hydroxylation sites is 1. The fourth-order valence-corrected chi connectivity index (χ4v) is 2.29. The maximum Gasteiger partial charge on any atom is 0.204 e. The fourth-order valence-electron chi connectivity index (χ4n) is 2.29. The van der Waals surface area contributed by atoms with Gasteiger partial charge in [0.15, 0.2) is 11.5 Å². The lowest BCUT2D eigenvalue weighted by Crippen LogP contribution is -2.44. The highest BCUT2D eigenvalue weighted by Crippen LogP contribution is 2.36. The maximum absolute atomic E-state index is 5.71. The predicted octanol–water partition coefficient (Wildman–Crippen LogP) is 1.33. The minimum Gasteiger partial charge on any atom is -0.493 e. The van der Waals surface area contributed by atoms with Gasteiger partial charge in [-0.25, -0.2) is 0 Å². The zero-order valence-corrected chi connectivity index (χ0v) is 13.6. The third-order valence-corrected chi connectivity index (χ3v) is 3.69. The molecule has 0 atom stereocenters. The first-order chi connectivity index (χ1) is 10.7. The average Bonchev–Trinajstić information content (AvgIpc) is 2.56. The topological polar surface area (TPSA) is 34.2 Å². The van der Waals surface area contributed by atoms with Crippen molar-refractivity contribution in [1.82, 2.24) is 9.80 Å². The lowest BCUT2D eigenvalue weighted by molar-refractivity contribution is 0.168. The second-order valence-electron chi connectivity index (χ2n) is 5.21. The van der Waals surface area contributed by atoms with Gasteiger partial charge in [-0.2, -0.15) is 0 Å². The van der Waals surface area contributed by atoms with E-state index in [1.807, 2.05) is 18.2 Å². The van der Waals surface area contributed by atoms with Crippen LogP contribution in [0.25, 0.3) is 0 Å². The Labute approximate surface area is 132 Å². The summed E-state index contributed by atoms with van der Waals surface area (Å²) in [5.74, 6) is 8.13. The van der Waals surface area contributed by atoms with E-state index in [9.17, 15) is 0 Å². The molecule has 0 saturated carbocycles. The van der Waals surface area contributed by atoms with Crippen molar-refractivity contribution in [3.05, 3.63) is 18.2 Å². The minimum absolute atomic E-state index is 0.324. The Morgan fingerprint density at radius 1 is 1.00 bits per heavy atom. The molecule has 0 spiro atoms. The summed E-state index contributed by atoms with van der Waals surface area (Å²) in [7, 11) is 5.37. The highest BCUT2D eigenvalue weighted by atomic mass is 16.5. The average molecular weight is 304 g/mol. The highest BCUT2D eigenvalue weighted by molar-refractivity contribution is 5.51. The van der Waals surface area contributed by atoms with Crippen LogP contribution in [0.1, 0.15) is 0 Å². The van der Waals surface area contributed by atoms with E-state index in [2.05, 4.69) is 28.7 Å². The fraction of sp³-hybridized carbons (Fsp3) is 0.529. The molecule has 0 aliphatic carbocycles. The Kier molecular flexibility index (Phi) is 6.38. The van der Waals surface area contributed by atoms with Crippen LogP contribution in [0.4, 0.5) is 0 Å². The molecule has 0 bridgehead atoms. The number of hydrogen-bond acceptors (Lipinski definition) is 5. The van der Waals surface area contributed by atoms with E-state index in [1.54, 1.807) is 14.2 Å². The number of piperazine rings is 1. The number of rotatable bonds is 5. The quantitative estimate of drug-likeness (QED) is 0.767. The standard InChI is InChI=1S/C17H24N2O3/c1-18-10-12-19(13-11-18)9-4-5-14-22-17-15(20-2)7-6-8-16(17)21-3/h6-8H,9-14H2,1-3H3. The largest absolute Gasteiger partial charge is 0.493 e. The highest BCUT2D eigenvalue weighted by Gasteiger charge is 2.12. The van der Waals surface area contributed by atoms with Crippen molar-refractivity contribution < 1.29 is 14.2 Å². The zero-order chi connectivity index (χ0) is 15.8. The van der Waals surface area contributed by atoms with Gasteiger partial charge in [0.1, 0.15) is 6.61 Å². The molecular formula is C17H24N2O3. The second-order valence-corrected chi connectivity index (χ2v) is 5.21. The predicted molar refractivity (Wildman–Crippen MR) is 86.8 cm³/mol. The molecule has 1 fully saturated rings. The van der Waals surface area contributed by atoms with Crippen molar-refractivity contribution in [2.45, 2.75) is 0 Å². The molecule has 1 aliphatic heterocycles. The molecule has 120 valence electrons. The second kappa shape index (κ2) is 8.52. The van der Waals surface area contributed by atoms with E-state index in [-0.39, 0.29) is 0 Å². The summed E-state index contributed by atoms with van der Waals surface area (Å²) in [6, 6.07) is 5.55. The van der Waals surface area contributed by atoms with Gasteiger partial charge in [-0.3, -0.25) is 4.90 Å². The number of nitrogens with zero attached hydrogens (tertiary/aromatic N) is 2. The lowest BCUT2D eigenvalue weighted by Gasteiger charge is -2.30. The minimum atomic E-state index is 0.324. The van der Waals surface area contributed by atoms with Crippen molar-refractivity contribution in [2.75, 3.05) is 60.6 Å². The Morgan fingerprint density at radius 3 is 2.23 bits per heavy atom. The van der Waals surface area contributed by atoms with Crippen LogP contribution in [0, 0.1) is 11.8 Å². The van der Waals surface area contributed by atoms with Crippen molar-refractivity contribution in [1.29, 1.82) is 0 Å². The number of hydrogen-bond donors (Lipinski definition) is 0. The Hall–Kier alpha value is -1.90. The first-order valence-corrected chi connectivity index (χ1v) is 7.45. The number of methoxy groups -OCH3 is 2. The zero-order valence-electron chi connectivity index (χ0n) is 13.6. The molecular weight excluding hydrogens is 280 g/mol. The van der Waals surface area contributed by atoms with Crippen LogP contribution in [-0.2, 0) is 0 Å². The van der Waals surface area contributed by atoms with Crippen LogP contribution in [0.15, 0.2) is 18.2 Å². The van der Waals surface area contributed by atoms with Crippen LogP contribution in [0.5, 0.6) is 17.2 Å². The number of ether oxygens (including phenoxy) is 3. The van der Waals surface area contributed by atoms with Crippen molar-refractivity contribution in [3.63, 3.8) is 0 Å². The Morgan fingerprint density at radius 2 is 1.64 bits per heavy atom. The van der Waals surface area contributed by atoms with E-state index in [0.717, 1.165) is 32.7 Å². The summed E-state index contributed by atoms with van der Waals surface area (Å²) in [5, 5.41) is 0. The van der Waals surface area contributed by atoms with E-state index in [0.29, 0.717) is 23.9 Å². The van der Waals surface area contributed by atoms with Gasteiger partial charge in [0.25, 0.3) is 0 Å². The first kappa shape index (κ1) is 16.5. The van der Waals surface area contributed by atoms with E-state index >= 15 is 0 Å². The van der Waals surface area contributed by atoms with E-state index < -0.39 is 0 Å². The third kappa shape index (κ3) is 4.55. The molecule has 1 heterocycles. The number of likely N-dealkylation sites (N-methyl/N-ethyl adjacent to an activating group) is 1. The molecule has 2 rings (SSSR count). The smallest absolute Gasteiger partial charge is 0.204 e. The maximum atomic E-state index is 5.71. The van der Waals surface area contributed by atoms with Crippen molar-refractivity contribution in [2.24, 2.45) is 0 Å². The third-order valence-electron chi connectivity index (χ3n) is 3.69. The summed E-state index contributed by atoms with van der Waals surface area (Å²) in [6.45, 7) is 5.48. The summed E-state index contributed by atoms with van der Waals surface area (Å²) in [6.07, 6.45) is 0. The van der Waals surface area contributed by atoms with Gasteiger partial charge in [0.05, 0.1) is 20.8 Å². The lowest BCUT2D eigenvalue weighted by atomic mass is 10.3. The summed E-state index contributed by atoms with van der Waals surface area (Å²) >= 11 is 0. The van der Waals surface area contributed by atoms with Gasteiger partial charge in [0, 0.05) is 26.2 Å². The summed E-state index contributed by atoms with van der Waals surface area (Å²) in [5.41, 5.74) is 0. The van der Waals surface area contributed by atoms with Crippen molar-refractivity contribution >= 4 is 0 Å². The van der Waals surface area contributed by atoms with Crippen LogP contribution in [0.2, 0.25) is 0 Å². The van der Waals surface area contributed by atoms with Gasteiger partial charge < -0.3 is 19.1 Å². The molecule has 0 unspecified atom stereocenters. The molecule has 0 radical (unpaired) electrons. The van der Waals surface area contributed by atoms with Crippen LogP contribution in [0.3, 0.4) is 0 Å². The molecule has 1 aromatic rings. The molecule has 1 aliphatic rings. The van der Waals surface area contributed by atoms with Gasteiger partial charge in [-0.05, 0) is 19.2 Å². The van der Waals surface area contributed by atoms with E-state index in [1.165, 1.54) is 0 Å². The van der Waals surface area contributed by atoms with Crippen LogP contribution < -0.4 is 14.2 Å². The van der Waals surface area contributed by atoms with Crippen molar-refractivity contribution in [3.8, 4) is 29.1 Å². The van der Waals surface area contributed by atoms with Crippen LogP contribution >= 0.6 is 0 Å². The van der Waals surface area contributed by atoms with Gasteiger partial charge in [-0.1, -0.05) is 17.9 Å². The molecule has 1 saturated heterocycles. The molecule has 1 aromatic carbocycles. The van der Waals surface area contributed by atoms with Gasteiger partial charge in [-0.15, -0.1) is 0 Å². The number of benzene rings is 1. The molecule has 0 N–H and O–H groups in total. The Balaban J connectivity index is 1.83. The van der Waals surface area contributed by atoms with Gasteiger partial charge in [0.2, 0.25) is 5.75 Å². The first-order valence-electron chi connectivity index (χ1n) is 7.45. The Bertz CT molecular complexity index is 506. The summed E-state index contributed by atoms with van der Waals surface area (Å²) in [4.78, 5) is 4.69. The monoisotopic (exact) mass is 304 g/mol.